The van der Waals surface area contributed by atoms with E-state index in [2.05, 4.69) is 10.4 Å². The quantitative estimate of drug-likeness (QED) is 0.464. The minimum atomic E-state index is -0.198. The summed E-state index contributed by atoms with van der Waals surface area (Å²) >= 11 is 0. The largest absolute Gasteiger partial charge is 0.497 e. The molecule has 0 saturated heterocycles. The van der Waals surface area contributed by atoms with Crippen molar-refractivity contribution < 1.29 is 9.53 Å². The van der Waals surface area contributed by atoms with Crippen molar-refractivity contribution in [3.63, 3.8) is 0 Å². The topological polar surface area (TPSA) is 77.6 Å². The van der Waals surface area contributed by atoms with Gasteiger partial charge in [0.25, 0.3) is 5.56 Å². The van der Waals surface area contributed by atoms with Crippen molar-refractivity contribution in [1.82, 2.24) is 19.5 Å². The average molecular weight is 431 g/mol. The normalized spacial score (nSPS) is 11.9. The molecule has 0 bridgehead atoms. The fraction of sp³-hybridized carbons (Fsp3) is 0.240. The van der Waals surface area contributed by atoms with Crippen LogP contribution in [0.25, 0.3) is 16.8 Å². The number of ether oxygens (including phenoxy) is 1. The number of rotatable bonds is 8. The highest BCUT2D eigenvalue weighted by atomic mass is 16.5. The molecule has 2 aromatic carbocycles. The van der Waals surface area contributed by atoms with Gasteiger partial charge in [0.05, 0.1) is 18.7 Å². The molecule has 0 aliphatic heterocycles. The molecule has 4 aromatic rings. The summed E-state index contributed by atoms with van der Waals surface area (Å²) < 4.78 is 8.45. The van der Waals surface area contributed by atoms with Gasteiger partial charge in [-0.1, -0.05) is 49.4 Å². The lowest BCUT2D eigenvalue weighted by Gasteiger charge is -2.15. The molecule has 1 amide bonds. The fourth-order valence-electron chi connectivity index (χ4n) is 3.81. The van der Waals surface area contributed by atoms with Crippen LogP contribution in [0.2, 0.25) is 0 Å². The van der Waals surface area contributed by atoms with Crippen LogP contribution in [0.5, 0.6) is 5.75 Å². The van der Waals surface area contributed by atoms with Gasteiger partial charge in [0, 0.05) is 31.0 Å². The Kier molecular flexibility index (Phi) is 6.35. The molecule has 0 aliphatic rings. The van der Waals surface area contributed by atoms with E-state index in [9.17, 15) is 9.59 Å². The minimum Gasteiger partial charge on any atom is -0.497 e. The number of methoxy groups -OCH3 is 1. The van der Waals surface area contributed by atoms with Crippen molar-refractivity contribution in [2.75, 3.05) is 13.7 Å². The van der Waals surface area contributed by atoms with E-state index < -0.39 is 0 Å². The zero-order chi connectivity index (χ0) is 22.5. The molecule has 7 heteroatoms. The second kappa shape index (κ2) is 9.51. The number of hydrogen-bond donors (Lipinski definition) is 1. The lowest BCUT2D eigenvalue weighted by molar-refractivity contribution is -0.122. The molecule has 2 heterocycles. The van der Waals surface area contributed by atoms with E-state index in [0.29, 0.717) is 30.7 Å². The van der Waals surface area contributed by atoms with Crippen LogP contribution in [0.3, 0.4) is 0 Å². The summed E-state index contributed by atoms with van der Waals surface area (Å²) in [6.07, 6.45) is 4.16. The molecule has 2 aromatic heterocycles. The van der Waals surface area contributed by atoms with Crippen molar-refractivity contribution in [2.45, 2.75) is 25.8 Å². The Morgan fingerprint density at radius 3 is 2.66 bits per heavy atom. The third-order valence-electron chi connectivity index (χ3n) is 5.55. The zero-order valence-electron chi connectivity index (χ0n) is 18.2. The van der Waals surface area contributed by atoms with E-state index >= 15 is 0 Å². The lowest BCUT2D eigenvalue weighted by Crippen LogP contribution is -2.34. The van der Waals surface area contributed by atoms with E-state index in [1.807, 2.05) is 61.5 Å². The Hall–Kier alpha value is -3.87. The minimum absolute atomic E-state index is 0.0301. The summed E-state index contributed by atoms with van der Waals surface area (Å²) in [4.78, 5) is 25.6. The Labute approximate surface area is 186 Å². The monoisotopic (exact) mass is 430 g/mol. The first-order valence-electron chi connectivity index (χ1n) is 10.7. The Morgan fingerprint density at radius 2 is 1.91 bits per heavy atom. The highest BCUT2D eigenvalue weighted by Crippen LogP contribution is 2.23. The lowest BCUT2D eigenvalue weighted by atomic mass is 9.96. The van der Waals surface area contributed by atoms with Gasteiger partial charge in [0.2, 0.25) is 5.91 Å². The molecular weight excluding hydrogens is 404 g/mol. The van der Waals surface area contributed by atoms with Crippen molar-refractivity contribution in [2.24, 2.45) is 0 Å². The van der Waals surface area contributed by atoms with Gasteiger partial charge >= 0.3 is 0 Å². The maximum atomic E-state index is 12.9. The van der Waals surface area contributed by atoms with Crippen LogP contribution in [-0.2, 0) is 11.3 Å². The van der Waals surface area contributed by atoms with Crippen LogP contribution in [-0.4, -0.2) is 33.7 Å². The van der Waals surface area contributed by atoms with Gasteiger partial charge in [-0.3, -0.25) is 9.59 Å². The zero-order valence-corrected chi connectivity index (χ0v) is 18.2. The van der Waals surface area contributed by atoms with Crippen molar-refractivity contribution in [3.05, 3.63) is 89.0 Å². The Bertz CT molecular complexity index is 1280. The Balaban J connectivity index is 1.47. The van der Waals surface area contributed by atoms with Gasteiger partial charge in [-0.15, -0.1) is 0 Å². The maximum absolute atomic E-state index is 12.9. The molecule has 0 unspecified atom stereocenters. The van der Waals surface area contributed by atoms with Crippen LogP contribution >= 0.6 is 0 Å². The van der Waals surface area contributed by atoms with Gasteiger partial charge < -0.3 is 14.6 Å². The molecule has 1 N–H and O–H groups in total. The summed E-state index contributed by atoms with van der Waals surface area (Å²) in [6, 6.07) is 19.1. The number of aromatic nitrogens is 3. The third-order valence-corrected chi connectivity index (χ3v) is 5.55. The van der Waals surface area contributed by atoms with Crippen molar-refractivity contribution in [3.8, 4) is 17.0 Å². The third kappa shape index (κ3) is 4.42. The summed E-state index contributed by atoms with van der Waals surface area (Å²) in [5.74, 6) is 0.502. The van der Waals surface area contributed by atoms with E-state index in [1.54, 1.807) is 34.7 Å². The van der Waals surface area contributed by atoms with E-state index in [4.69, 9.17) is 4.74 Å². The second-order valence-corrected chi connectivity index (χ2v) is 7.55. The molecule has 32 heavy (non-hydrogen) atoms. The van der Waals surface area contributed by atoms with Crippen LogP contribution in [0.4, 0.5) is 0 Å². The highest BCUT2D eigenvalue weighted by Gasteiger charge is 2.18. The number of amides is 1. The first kappa shape index (κ1) is 21.4. The van der Waals surface area contributed by atoms with Gasteiger partial charge in [-0.25, -0.2) is 4.52 Å². The average Bonchev–Trinajstić information content (AvgIpc) is 3.27. The number of carbonyl (C=O) groups is 1. The van der Waals surface area contributed by atoms with Crippen LogP contribution in [0.1, 0.15) is 24.8 Å². The fourth-order valence-corrected chi connectivity index (χ4v) is 3.81. The molecule has 1 atom stereocenters. The smallest absolute Gasteiger partial charge is 0.276 e. The van der Waals surface area contributed by atoms with Gasteiger partial charge in [-0.05, 0) is 30.2 Å². The number of benzene rings is 2. The second-order valence-electron chi connectivity index (χ2n) is 7.55. The van der Waals surface area contributed by atoms with Gasteiger partial charge in [0.15, 0.2) is 0 Å². The molecule has 0 spiro atoms. The summed E-state index contributed by atoms with van der Waals surface area (Å²) in [5, 5.41) is 7.48. The first-order chi connectivity index (χ1) is 15.6. The van der Waals surface area contributed by atoms with Crippen LogP contribution in [0, 0.1) is 0 Å². The van der Waals surface area contributed by atoms with E-state index in [-0.39, 0.29) is 17.4 Å². The summed E-state index contributed by atoms with van der Waals surface area (Å²) in [7, 11) is 1.61. The molecular formula is C25H26N4O3. The highest BCUT2D eigenvalue weighted by molar-refractivity contribution is 5.83. The maximum Gasteiger partial charge on any atom is 0.276 e. The van der Waals surface area contributed by atoms with Crippen LogP contribution in [0.15, 0.2) is 77.9 Å². The van der Waals surface area contributed by atoms with E-state index in [0.717, 1.165) is 16.9 Å². The number of nitrogens with zero attached hydrogens (tertiary/aromatic N) is 3. The number of hydrogen-bond acceptors (Lipinski definition) is 4. The summed E-state index contributed by atoms with van der Waals surface area (Å²) in [6.45, 7) is 2.75. The Morgan fingerprint density at radius 1 is 1.09 bits per heavy atom. The molecule has 0 radical (unpaired) electrons. The standard InChI is InChI=1S/C25H26N4O3/c1-3-21(18-8-5-4-6-9-18)24(30)26-12-13-28-14-15-29-23(25(28)31)17-22(27-29)19-10-7-11-20(16-19)32-2/h4-11,14-17,21H,3,12-13H2,1-2H3,(H,26,30)/t21-/m1/s1. The number of nitrogens with one attached hydrogen (secondary N) is 1. The van der Waals surface area contributed by atoms with Gasteiger partial charge in [0.1, 0.15) is 11.3 Å². The predicted molar refractivity (Wildman–Crippen MR) is 124 cm³/mol. The number of fused-ring (bicyclic) bond motifs is 1. The molecule has 0 saturated carbocycles. The van der Waals surface area contributed by atoms with Gasteiger partial charge in [-0.2, -0.15) is 5.10 Å². The molecule has 7 nitrogen and oxygen atoms in total. The molecule has 0 fully saturated rings. The first-order valence-corrected chi connectivity index (χ1v) is 10.7. The number of carbonyl (C=O) groups excluding carboxylic acids is 1. The SMILES string of the molecule is CC[C@@H](C(=O)NCCn1ccn2nc(-c3cccc(OC)c3)cc2c1=O)c1ccccc1. The van der Waals surface area contributed by atoms with Crippen molar-refractivity contribution >= 4 is 11.4 Å². The molecule has 164 valence electrons. The summed E-state index contributed by atoms with van der Waals surface area (Å²) in [5.41, 5.74) is 2.89. The molecule has 4 rings (SSSR count). The van der Waals surface area contributed by atoms with E-state index in [1.165, 1.54) is 0 Å². The van der Waals surface area contributed by atoms with Crippen molar-refractivity contribution in [1.29, 1.82) is 0 Å². The van der Waals surface area contributed by atoms with Crippen LogP contribution < -0.4 is 15.6 Å². The molecule has 0 aliphatic carbocycles. The predicted octanol–water partition coefficient (Wildman–Crippen LogP) is 3.48.